The standard InChI is InChI=1S/C16H18FN3O4/c17-12-5-3-11(4-6-12)8-14-19-16(24-20-14)23-10-15(21)18-9-13-2-1-7-22-13/h3-6,13H,1-2,7-10H2,(H,18,21). The summed E-state index contributed by atoms with van der Waals surface area (Å²) in [4.78, 5) is 15.7. The second kappa shape index (κ2) is 7.87. The van der Waals surface area contributed by atoms with Gasteiger partial charge in [0.05, 0.1) is 6.10 Å². The Morgan fingerprint density at radius 2 is 2.21 bits per heavy atom. The lowest BCUT2D eigenvalue weighted by atomic mass is 10.1. The molecule has 7 nitrogen and oxygen atoms in total. The van der Waals surface area contributed by atoms with Gasteiger partial charge in [-0.05, 0) is 30.5 Å². The lowest BCUT2D eigenvalue weighted by Crippen LogP contribution is -2.35. The fourth-order valence-corrected chi connectivity index (χ4v) is 2.36. The largest absolute Gasteiger partial charge is 0.439 e. The summed E-state index contributed by atoms with van der Waals surface area (Å²) >= 11 is 0. The van der Waals surface area contributed by atoms with Gasteiger partial charge in [0.25, 0.3) is 5.91 Å². The van der Waals surface area contributed by atoms with Crippen LogP contribution in [-0.4, -0.2) is 41.9 Å². The molecule has 1 atom stereocenters. The molecule has 1 amide bonds. The number of aromatic nitrogens is 2. The molecule has 1 aliphatic rings. The summed E-state index contributed by atoms with van der Waals surface area (Å²) in [6, 6.07) is 6.02. The van der Waals surface area contributed by atoms with Gasteiger partial charge in [-0.15, -0.1) is 0 Å². The number of halogens is 1. The molecule has 128 valence electrons. The summed E-state index contributed by atoms with van der Waals surface area (Å²) in [5, 5.41) is 6.50. The van der Waals surface area contributed by atoms with E-state index in [2.05, 4.69) is 15.5 Å². The predicted octanol–water partition coefficient (Wildman–Crippen LogP) is 1.47. The van der Waals surface area contributed by atoms with E-state index in [0.717, 1.165) is 25.0 Å². The number of nitrogens with zero attached hydrogens (tertiary/aromatic N) is 2. The van der Waals surface area contributed by atoms with Crippen molar-refractivity contribution in [2.24, 2.45) is 0 Å². The van der Waals surface area contributed by atoms with Crippen molar-refractivity contribution in [2.45, 2.75) is 25.4 Å². The number of rotatable bonds is 7. The Morgan fingerprint density at radius 3 is 2.96 bits per heavy atom. The summed E-state index contributed by atoms with van der Waals surface area (Å²) in [5.74, 6) is -0.176. The first-order valence-electron chi connectivity index (χ1n) is 7.77. The molecule has 24 heavy (non-hydrogen) atoms. The molecule has 1 aromatic heterocycles. The average Bonchev–Trinajstić information content (AvgIpc) is 3.25. The number of hydrogen-bond acceptors (Lipinski definition) is 6. The highest BCUT2D eigenvalue weighted by molar-refractivity contribution is 5.77. The van der Waals surface area contributed by atoms with Gasteiger partial charge in [-0.2, -0.15) is 4.98 Å². The van der Waals surface area contributed by atoms with E-state index in [0.29, 0.717) is 18.8 Å². The van der Waals surface area contributed by atoms with Gasteiger partial charge >= 0.3 is 6.08 Å². The van der Waals surface area contributed by atoms with Crippen molar-refractivity contribution in [3.8, 4) is 6.08 Å². The lowest BCUT2D eigenvalue weighted by molar-refractivity contribution is -0.124. The minimum atomic E-state index is -0.301. The van der Waals surface area contributed by atoms with Crippen molar-refractivity contribution in [2.75, 3.05) is 19.8 Å². The van der Waals surface area contributed by atoms with E-state index in [-0.39, 0.29) is 30.5 Å². The van der Waals surface area contributed by atoms with E-state index < -0.39 is 0 Å². The Bertz CT molecular complexity index is 668. The third-order valence-corrected chi connectivity index (χ3v) is 3.60. The van der Waals surface area contributed by atoms with Crippen LogP contribution in [0, 0.1) is 5.82 Å². The Labute approximate surface area is 138 Å². The molecule has 8 heteroatoms. The van der Waals surface area contributed by atoms with Crippen LogP contribution >= 0.6 is 0 Å². The molecule has 2 heterocycles. The van der Waals surface area contributed by atoms with E-state index in [9.17, 15) is 9.18 Å². The van der Waals surface area contributed by atoms with Crippen LogP contribution in [0.25, 0.3) is 0 Å². The Hall–Kier alpha value is -2.48. The molecular weight excluding hydrogens is 317 g/mol. The molecule has 0 aliphatic carbocycles. The molecule has 1 N–H and O–H groups in total. The van der Waals surface area contributed by atoms with E-state index >= 15 is 0 Å². The third kappa shape index (κ3) is 4.76. The van der Waals surface area contributed by atoms with Crippen LogP contribution in [0.3, 0.4) is 0 Å². The summed E-state index contributed by atoms with van der Waals surface area (Å²) in [6.45, 7) is 1.02. The minimum Gasteiger partial charge on any atom is -0.439 e. The summed E-state index contributed by atoms with van der Waals surface area (Å²) < 4.78 is 28.4. The van der Waals surface area contributed by atoms with Gasteiger partial charge in [-0.3, -0.25) is 9.32 Å². The van der Waals surface area contributed by atoms with Crippen molar-refractivity contribution >= 4 is 5.91 Å². The monoisotopic (exact) mass is 335 g/mol. The van der Waals surface area contributed by atoms with Crippen LogP contribution < -0.4 is 10.1 Å². The van der Waals surface area contributed by atoms with E-state index in [1.165, 1.54) is 12.1 Å². The summed E-state index contributed by atoms with van der Waals surface area (Å²) in [7, 11) is 0. The van der Waals surface area contributed by atoms with Gasteiger partial charge in [-0.1, -0.05) is 17.3 Å². The van der Waals surface area contributed by atoms with E-state index in [1.54, 1.807) is 12.1 Å². The van der Waals surface area contributed by atoms with Gasteiger partial charge in [0, 0.05) is 19.6 Å². The summed E-state index contributed by atoms with van der Waals surface area (Å²) in [6.07, 6.45) is 2.38. The van der Waals surface area contributed by atoms with Gasteiger partial charge in [0.1, 0.15) is 5.82 Å². The number of carbonyl (C=O) groups is 1. The fourth-order valence-electron chi connectivity index (χ4n) is 2.36. The predicted molar refractivity (Wildman–Crippen MR) is 81.0 cm³/mol. The molecule has 1 aliphatic heterocycles. The second-order valence-electron chi connectivity index (χ2n) is 5.51. The van der Waals surface area contributed by atoms with Crippen molar-refractivity contribution < 1.29 is 23.2 Å². The van der Waals surface area contributed by atoms with Crippen LogP contribution in [0.2, 0.25) is 0 Å². The molecular formula is C16H18FN3O4. The molecule has 1 fully saturated rings. The first kappa shape index (κ1) is 16.4. The highest BCUT2D eigenvalue weighted by Crippen LogP contribution is 2.12. The molecule has 1 unspecified atom stereocenters. The van der Waals surface area contributed by atoms with Crippen LogP contribution in [-0.2, 0) is 16.0 Å². The van der Waals surface area contributed by atoms with Crippen molar-refractivity contribution in [1.82, 2.24) is 15.5 Å². The van der Waals surface area contributed by atoms with Crippen LogP contribution in [0.1, 0.15) is 24.2 Å². The van der Waals surface area contributed by atoms with Gasteiger partial charge in [0.2, 0.25) is 0 Å². The first-order valence-corrected chi connectivity index (χ1v) is 7.77. The van der Waals surface area contributed by atoms with E-state index in [4.69, 9.17) is 14.0 Å². The maximum absolute atomic E-state index is 12.9. The fraction of sp³-hybridized carbons (Fsp3) is 0.438. The molecule has 1 saturated heterocycles. The molecule has 2 aromatic rings. The lowest BCUT2D eigenvalue weighted by Gasteiger charge is -2.10. The average molecular weight is 335 g/mol. The maximum Gasteiger partial charge on any atom is 0.417 e. The van der Waals surface area contributed by atoms with Crippen LogP contribution in [0.4, 0.5) is 4.39 Å². The first-order chi connectivity index (χ1) is 11.7. The highest BCUT2D eigenvalue weighted by atomic mass is 19.1. The van der Waals surface area contributed by atoms with Crippen LogP contribution in [0.15, 0.2) is 28.8 Å². The molecule has 0 radical (unpaired) electrons. The number of benzene rings is 1. The van der Waals surface area contributed by atoms with Crippen molar-refractivity contribution in [3.63, 3.8) is 0 Å². The molecule has 1 aromatic carbocycles. The quantitative estimate of drug-likeness (QED) is 0.825. The van der Waals surface area contributed by atoms with Gasteiger partial charge in [0.15, 0.2) is 12.4 Å². The molecule has 0 bridgehead atoms. The SMILES string of the molecule is O=C(COc1nc(Cc2ccc(F)cc2)no1)NCC1CCCO1. The second-order valence-corrected chi connectivity index (χ2v) is 5.51. The molecule has 0 saturated carbocycles. The Kier molecular flexibility index (Phi) is 5.37. The third-order valence-electron chi connectivity index (χ3n) is 3.60. The summed E-state index contributed by atoms with van der Waals surface area (Å²) in [5.41, 5.74) is 0.845. The number of carbonyl (C=O) groups excluding carboxylic acids is 1. The van der Waals surface area contributed by atoms with E-state index in [1.807, 2.05) is 0 Å². The molecule has 3 rings (SSSR count). The van der Waals surface area contributed by atoms with Crippen molar-refractivity contribution in [1.29, 1.82) is 0 Å². The van der Waals surface area contributed by atoms with Gasteiger partial charge in [-0.25, -0.2) is 4.39 Å². The zero-order valence-electron chi connectivity index (χ0n) is 13.0. The Morgan fingerprint density at radius 1 is 1.38 bits per heavy atom. The maximum atomic E-state index is 12.9. The number of ether oxygens (including phenoxy) is 2. The minimum absolute atomic E-state index is 0.0700. The van der Waals surface area contributed by atoms with Gasteiger partial charge < -0.3 is 14.8 Å². The number of hydrogen-bond donors (Lipinski definition) is 1. The Balaban J connectivity index is 1.42. The van der Waals surface area contributed by atoms with Crippen LogP contribution in [0.5, 0.6) is 6.08 Å². The topological polar surface area (TPSA) is 86.5 Å². The normalized spacial score (nSPS) is 17.0. The smallest absolute Gasteiger partial charge is 0.417 e. The van der Waals surface area contributed by atoms with Crippen molar-refractivity contribution in [3.05, 3.63) is 41.5 Å². The molecule has 0 spiro atoms. The number of nitrogens with one attached hydrogen (secondary N) is 1. The zero-order chi connectivity index (χ0) is 16.8. The highest BCUT2D eigenvalue weighted by Gasteiger charge is 2.17. The number of amides is 1. The zero-order valence-corrected chi connectivity index (χ0v) is 13.0.